The Morgan fingerprint density at radius 2 is 1.97 bits per heavy atom. The Morgan fingerprint density at radius 3 is 2.80 bits per heavy atom. The van der Waals surface area contributed by atoms with E-state index in [1.54, 1.807) is 35.5 Å². The Bertz CT molecular complexity index is 1250. The van der Waals surface area contributed by atoms with Crippen molar-refractivity contribution in [2.24, 2.45) is 0 Å². The lowest BCUT2D eigenvalue weighted by Gasteiger charge is -2.24. The molecule has 3 aromatic heterocycles. The molecule has 4 aromatic rings. The van der Waals surface area contributed by atoms with Gasteiger partial charge < -0.3 is 9.64 Å². The van der Waals surface area contributed by atoms with Crippen LogP contribution in [0.2, 0.25) is 0 Å². The molecule has 1 aromatic carbocycles. The number of hydrogen-bond donors (Lipinski definition) is 0. The van der Waals surface area contributed by atoms with Crippen LogP contribution in [0.25, 0.3) is 10.9 Å². The van der Waals surface area contributed by atoms with E-state index in [9.17, 15) is 0 Å². The molecule has 0 bridgehead atoms. The number of rotatable bonds is 5. The molecule has 0 amide bonds. The monoisotopic (exact) mass is 430 g/mol. The minimum Gasteiger partial charge on any atom is -0.456 e. The highest BCUT2D eigenvalue weighted by atomic mass is 32.2. The van der Waals surface area contributed by atoms with E-state index in [2.05, 4.69) is 37.5 Å². The fraction of sp³-hybridized carbons (Fsp3) is 0.0870. The maximum atomic E-state index is 6.40. The van der Waals surface area contributed by atoms with E-state index in [4.69, 9.17) is 4.74 Å². The summed E-state index contributed by atoms with van der Waals surface area (Å²) in [5.41, 5.74) is 1.94. The zero-order valence-corrected chi connectivity index (χ0v) is 17.9. The minimum absolute atomic E-state index is 0.692. The molecule has 0 aliphatic carbocycles. The van der Waals surface area contributed by atoms with Gasteiger partial charge in [0.25, 0.3) is 0 Å². The summed E-state index contributed by atoms with van der Waals surface area (Å²) in [6.07, 6.45) is 7.78. The van der Waals surface area contributed by atoms with Crippen molar-refractivity contribution < 1.29 is 4.74 Å². The average molecular weight is 431 g/mol. The van der Waals surface area contributed by atoms with Gasteiger partial charge in [0.05, 0.1) is 16.1 Å². The van der Waals surface area contributed by atoms with E-state index < -0.39 is 0 Å². The first-order chi connectivity index (χ1) is 14.8. The minimum atomic E-state index is 0.692. The van der Waals surface area contributed by atoms with Crippen molar-refractivity contribution in [1.29, 1.82) is 0 Å². The first-order valence-corrected chi connectivity index (χ1v) is 11.2. The molecular formula is C23H18N4OS2. The molecule has 30 heavy (non-hydrogen) atoms. The first kappa shape index (κ1) is 18.8. The third kappa shape index (κ3) is 3.94. The lowest BCUT2D eigenvalue weighted by molar-refractivity contribution is 0.443. The van der Waals surface area contributed by atoms with Gasteiger partial charge in [-0.1, -0.05) is 23.9 Å². The smallest absolute Gasteiger partial charge is 0.189 e. The lowest BCUT2D eigenvalue weighted by atomic mass is 10.2. The van der Waals surface area contributed by atoms with Gasteiger partial charge in [-0.15, -0.1) is 11.3 Å². The summed E-state index contributed by atoms with van der Waals surface area (Å²) < 4.78 is 6.40. The number of fused-ring (bicyclic) bond motifs is 1. The quantitative estimate of drug-likeness (QED) is 0.398. The zero-order valence-electron chi connectivity index (χ0n) is 16.2. The topological polar surface area (TPSA) is 51.1 Å². The number of thiazole rings is 1. The number of aryl methyl sites for hydroxylation is 1. The van der Waals surface area contributed by atoms with Crippen molar-refractivity contribution in [3.63, 3.8) is 0 Å². The summed E-state index contributed by atoms with van der Waals surface area (Å²) in [5.74, 6) is 1.60. The molecule has 4 heterocycles. The van der Waals surface area contributed by atoms with E-state index in [-0.39, 0.29) is 0 Å². The van der Waals surface area contributed by atoms with Gasteiger partial charge in [-0.2, -0.15) is 0 Å². The highest BCUT2D eigenvalue weighted by molar-refractivity contribution is 8.03. The second-order valence-electron chi connectivity index (χ2n) is 6.68. The van der Waals surface area contributed by atoms with Crippen LogP contribution in [0, 0.1) is 6.92 Å². The number of anilines is 1. The Morgan fingerprint density at radius 1 is 1.03 bits per heavy atom. The number of nitrogens with zero attached hydrogens (tertiary/aromatic N) is 4. The fourth-order valence-electron chi connectivity index (χ4n) is 3.12. The van der Waals surface area contributed by atoms with Gasteiger partial charge in [0.15, 0.2) is 5.13 Å². The summed E-state index contributed by atoms with van der Waals surface area (Å²) in [7, 11) is 0. The van der Waals surface area contributed by atoms with E-state index in [1.165, 1.54) is 0 Å². The molecule has 0 atom stereocenters. The average Bonchev–Trinajstić information content (AvgIpc) is 3.22. The maximum Gasteiger partial charge on any atom is 0.189 e. The van der Waals surface area contributed by atoms with Crippen molar-refractivity contribution in [2.45, 2.75) is 11.9 Å². The number of hydrogen-bond acceptors (Lipinski definition) is 7. The molecule has 5 rings (SSSR count). The van der Waals surface area contributed by atoms with Gasteiger partial charge in [-0.3, -0.25) is 4.98 Å². The molecule has 0 saturated heterocycles. The van der Waals surface area contributed by atoms with E-state index in [1.807, 2.05) is 55.5 Å². The number of ether oxygens (including phenoxy) is 1. The van der Waals surface area contributed by atoms with Crippen LogP contribution >= 0.6 is 23.1 Å². The molecule has 1 aliphatic heterocycles. The number of aromatic nitrogens is 3. The van der Waals surface area contributed by atoms with Crippen LogP contribution < -0.4 is 9.64 Å². The predicted octanol–water partition coefficient (Wildman–Crippen LogP) is 5.81. The van der Waals surface area contributed by atoms with E-state index >= 15 is 0 Å². The summed E-state index contributed by atoms with van der Waals surface area (Å²) in [6, 6.07) is 15.8. The van der Waals surface area contributed by atoms with Crippen molar-refractivity contribution in [2.75, 3.05) is 11.4 Å². The van der Waals surface area contributed by atoms with Crippen LogP contribution in [-0.2, 0) is 0 Å². The maximum absolute atomic E-state index is 6.40. The van der Waals surface area contributed by atoms with Gasteiger partial charge in [0.1, 0.15) is 16.5 Å². The second kappa shape index (κ2) is 8.30. The Balaban J connectivity index is 1.49. The van der Waals surface area contributed by atoms with Crippen LogP contribution in [0.3, 0.4) is 0 Å². The number of pyridine rings is 2. The Hall–Kier alpha value is -3.16. The molecule has 0 unspecified atom stereocenters. The highest BCUT2D eigenvalue weighted by Crippen LogP contribution is 2.37. The molecular weight excluding hydrogens is 412 g/mol. The van der Waals surface area contributed by atoms with Gasteiger partial charge in [0.2, 0.25) is 0 Å². The zero-order chi connectivity index (χ0) is 20.3. The molecule has 0 saturated carbocycles. The normalized spacial score (nSPS) is 13.8. The van der Waals surface area contributed by atoms with Crippen molar-refractivity contribution in [1.82, 2.24) is 15.0 Å². The number of thioether (sulfide) groups is 1. The summed E-state index contributed by atoms with van der Waals surface area (Å²) in [6.45, 7) is 2.70. The van der Waals surface area contributed by atoms with Crippen molar-refractivity contribution in [3.05, 3.63) is 94.9 Å². The van der Waals surface area contributed by atoms with Crippen LogP contribution in [0.1, 0.15) is 5.69 Å². The Kier molecular flexibility index (Phi) is 5.21. The largest absolute Gasteiger partial charge is 0.456 e. The lowest BCUT2D eigenvalue weighted by Crippen LogP contribution is -2.22. The van der Waals surface area contributed by atoms with Crippen molar-refractivity contribution >= 4 is 39.1 Å². The summed E-state index contributed by atoms with van der Waals surface area (Å²) in [5, 5.41) is 4.93. The molecule has 0 fully saturated rings. The standard InChI is InChI=1S/C23H18N4OS2/c1-16-15-29-23(26-16)27-13-10-20(21(14-27)30-22-9-2-3-11-25-22)28-19-8-4-7-18-17(19)6-5-12-24-18/h2-12,14-15H,13H2,1H3. The Labute approximate surface area is 182 Å². The molecule has 148 valence electrons. The molecule has 0 radical (unpaired) electrons. The fourth-order valence-corrected chi connectivity index (χ4v) is 4.80. The number of benzene rings is 1. The molecule has 0 N–H and O–H groups in total. The second-order valence-corrected chi connectivity index (χ2v) is 8.58. The molecule has 7 heteroatoms. The van der Waals surface area contributed by atoms with E-state index in [0.717, 1.165) is 43.2 Å². The highest BCUT2D eigenvalue weighted by Gasteiger charge is 2.20. The molecule has 0 spiro atoms. The summed E-state index contributed by atoms with van der Waals surface area (Å²) in [4.78, 5) is 16.6. The van der Waals surface area contributed by atoms with Crippen LogP contribution in [0.4, 0.5) is 5.13 Å². The SMILES string of the molecule is Cc1csc(N2C=C(Sc3ccccn3)C(Oc3cccc4ncccc34)=CC2)n1. The third-order valence-corrected chi connectivity index (χ3v) is 6.49. The third-order valence-electron chi connectivity index (χ3n) is 4.52. The molecule has 1 aliphatic rings. The van der Waals surface area contributed by atoms with Crippen LogP contribution in [0.5, 0.6) is 5.75 Å². The van der Waals surface area contributed by atoms with Gasteiger partial charge in [-0.25, -0.2) is 9.97 Å². The summed E-state index contributed by atoms with van der Waals surface area (Å²) >= 11 is 3.22. The van der Waals surface area contributed by atoms with Crippen LogP contribution in [-0.4, -0.2) is 21.5 Å². The van der Waals surface area contributed by atoms with Gasteiger partial charge >= 0.3 is 0 Å². The predicted molar refractivity (Wildman–Crippen MR) is 123 cm³/mol. The van der Waals surface area contributed by atoms with E-state index in [0.29, 0.717) is 6.54 Å². The van der Waals surface area contributed by atoms with Gasteiger partial charge in [0, 0.05) is 35.9 Å². The first-order valence-electron chi connectivity index (χ1n) is 9.48. The molecule has 5 nitrogen and oxygen atoms in total. The van der Waals surface area contributed by atoms with Gasteiger partial charge in [-0.05, 0) is 49.4 Å². The van der Waals surface area contributed by atoms with Crippen molar-refractivity contribution in [3.8, 4) is 5.75 Å². The van der Waals surface area contributed by atoms with Crippen LogP contribution in [0.15, 0.2) is 94.3 Å².